The Morgan fingerprint density at radius 1 is 1.38 bits per heavy atom. The van der Waals surface area contributed by atoms with Crippen LogP contribution in [0.15, 0.2) is 0 Å². The molecule has 1 aliphatic heterocycles. The fraction of sp³-hybridized carbons (Fsp3) is 1.00. The Morgan fingerprint density at radius 3 is 2.56 bits per heavy atom. The Morgan fingerprint density at radius 2 is 2.06 bits per heavy atom. The number of hydrogen-bond donors (Lipinski definition) is 1. The van der Waals surface area contributed by atoms with E-state index in [2.05, 4.69) is 12.2 Å². The van der Waals surface area contributed by atoms with Gasteiger partial charge in [-0.3, -0.25) is 0 Å². The highest BCUT2D eigenvalue weighted by Gasteiger charge is 2.47. The van der Waals surface area contributed by atoms with E-state index < -0.39 is 0 Å². The molecular formula is C13H25NO2. The minimum Gasteiger partial charge on any atom is -0.381 e. The number of methoxy groups -OCH3 is 1. The summed E-state index contributed by atoms with van der Waals surface area (Å²) in [4.78, 5) is 0. The van der Waals surface area contributed by atoms with E-state index in [9.17, 15) is 0 Å². The van der Waals surface area contributed by atoms with Crippen LogP contribution in [-0.4, -0.2) is 38.5 Å². The lowest BCUT2D eigenvalue weighted by atomic mass is 9.83. The highest BCUT2D eigenvalue weighted by Crippen LogP contribution is 2.42. The van der Waals surface area contributed by atoms with Crippen LogP contribution < -0.4 is 5.32 Å². The topological polar surface area (TPSA) is 30.5 Å². The first-order valence-electron chi connectivity index (χ1n) is 6.68. The van der Waals surface area contributed by atoms with Crippen LogP contribution in [0.2, 0.25) is 0 Å². The molecule has 3 nitrogen and oxygen atoms in total. The summed E-state index contributed by atoms with van der Waals surface area (Å²) in [5.41, 5.74) is 0.0363. The first-order valence-corrected chi connectivity index (χ1v) is 6.68. The minimum absolute atomic E-state index is 0.0363. The molecule has 0 aromatic carbocycles. The molecule has 1 N–H and O–H groups in total. The Bertz CT molecular complexity index is 210. The predicted octanol–water partition coefficient (Wildman–Crippen LogP) is 1.96. The van der Waals surface area contributed by atoms with Gasteiger partial charge in [0.05, 0.1) is 5.60 Å². The van der Waals surface area contributed by atoms with Crippen molar-refractivity contribution in [3.8, 4) is 0 Å². The van der Waals surface area contributed by atoms with Gasteiger partial charge in [0.25, 0.3) is 0 Å². The summed E-state index contributed by atoms with van der Waals surface area (Å²) in [6.45, 7) is 5.03. The maximum Gasteiger partial charge on any atom is 0.0877 e. The molecule has 1 saturated carbocycles. The zero-order valence-electron chi connectivity index (χ0n) is 10.6. The van der Waals surface area contributed by atoms with Gasteiger partial charge in [-0.15, -0.1) is 0 Å². The normalized spacial score (nSPS) is 26.6. The van der Waals surface area contributed by atoms with Crippen molar-refractivity contribution in [3.05, 3.63) is 0 Å². The summed E-state index contributed by atoms with van der Waals surface area (Å²) in [6.07, 6.45) is 6.02. The van der Waals surface area contributed by atoms with Crippen LogP contribution in [-0.2, 0) is 9.47 Å². The van der Waals surface area contributed by atoms with E-state index in [1.807, 2.05) is 7.11 Å². The van der Waals surface area contributed by atoms with E-state index in [4.69, 9.17) is 9.47 Å². The Balaban J connectivity index is 2.01. The average molecular weight is 227 g/mol. The van der Waals surface area contributed by atoms with Crippen molar-refractivity contribution < 1.29 is 9.47 Å². The van der Waals surface area contributed by atoms with Gasteiger partial charge in [0.2, 0.25) is 0 Å². The smallest absolute Gasteiger partial charge is 0.0877 e. The molecule has 1 aliphatic carbocycles. The maximum atomic E-state index is 5.90. The van der Waals surface area contributed by atoms with E-state index >= 15 is 0 Å². The molecule has 1 unspecified atom stereocenters. The first-order chi connectivity index (χ1) is 7.82. The van der Waals surface area contributed by atoms with Gasteiger partial charge >= 0.3 is 0 Å². The fourth-order valence-electron chi connectivity index (χ4n) is 2.87. The van der Waals surface area contributed by atoms with Crippen LogP contribution >= 0.6 is 0 Å². The van der Waals surface area contributed by atoms with Crippen LogP contribution in [0.4, 0.5) is 0 Å². The third kappa shape index (κ3) is 2.58. The van der Waals surface area contributed by atoms with Gasteiger partial charge < -0.3 is 14.8 Å². The number of rotatable bonds is 6. The maximum absolute atomic E-state index is 5.90. The molecule has 0 aromatic rings. The third-order valence-electron chi connectivity index (χ3n) is 4.02. The standard InChI is InChI=1S/C13H25NO2/c1-3-8-14-12(11-4-5-11)13(15-2)6-9-16-10-7-13/h11-12,14H,3-10H2,1-2H3. The molecule has 2 rings (SSSR count). The van der Waals surface area contributed by atoms with E-state index in [0.29, 0.717) is 6.04 Å². The lowest BCUT2D eigenvalue weighted by Crippen LogP contribution is -2.56. The van der Waals surface area contributed by atoms with Crippen molar-refractivity contribution in [2.24, 2.45) is 5.92 Å². The van der Waals surface area contributed by atoms with Crippen molar-refractivity contribution in [1.29, 1.82) is 0 Å². The Hall–Kier alpha value is -0.120. The molecule has 0 spiro atoms. The summed E-state index contributed by atoms with van der Waals surface area (Å²) < 4.78 is 11.4. The van der Waals surface area contributed by atoms with Crippen molar-refractivity contribution in [1.82, 2.24) is 5.32 Å². The second-order valence-electron chi connectivity index (χ2n) is 5.15. The summed E-state index contributed by atoms with van der Waals surface area (Å²) in [7, 11) is 1.87. The fourth-order valence-corrected chi connectivity index (χ4v) is 2.87. The van der Waals surface area contributed by atoms with Crippen LogP contribution in [0, 0.1) is 5.92 Å². The van der Waals surface area contributed by atoms with E-state index in [1.165, 1.54) is 19.3 Å². The molecule has 1 atom stereocenters. The predicted molar refractivity (Wildman–Crippen MR) is 64.6 cm³/mol. The van der Waals surface area contributed by atoms with Gasteiger partial charge in [-0.25, -0.2) is 0 Å². The minimum atomic E-state index is 0.0363. The monoisotopic (exact) mass is 227 g/mol. The molecule has 0 radical (unpaired) electrons. The molecule has 1 heterocycles. The highest BCUT2D eigenvalue weighted by atomic mass is 16.5. The van der Waals surface area contributed by atoms with Crippen molar-refractivity contribution >= 4 is 0 Å². The van der Waals surface area contributed by atoms with E-state index in [0.717, 1.165) is 38.5 Å². The molecular weight excluding hydrogens is 202 g/mol. The first kappa shape index (κ1) is 12.3. The van der Waals surface area contributed by atoms with Gasteiger partial charge in [0.1, 0.15) is 0 Å². The van der Waals surface area contributed by atoms with Crippen molar-refractivity contribution in [2.45, 2.75) is 50.7 Å². The van der Waals surface area contributed by atoms with Crippen molar-refractivity contribution in [3.63, 3.8) is 0 Å². The quantitative estimate of drug-likeness (QED) is 0.752. The zero-order chi connectivity index (χ0) is 11.4. The molecule has 16 heavy (non-hydrogen) atoms. The molecule has 1 saturated heterocycles. The van der Waals surface area contributed by atoms with Gasteiger partial charge in [0.15, 0.2) is 0 Å². The average Bonchev–Trinajstić information content (AvgIpc) is 3.15. The summed E-state index contributed by atoms with van der Waals surface area (Å²) in [5.74, 6) is 0.838. The molecule has 2 aliphatic rings. The molecule has 0 amide bonds. The number of hydrogen-bond acceptors (Lipinski definition) is 3. The largest absolute Gasteiger partial charge is 0.381 e. The lowest BCUT2D eigenvalue weighted by molar-refractivity contribution is -0.114. The molecule has 94 valence electrons. The molecule has 2 fully saturated rings. The van der Waals surface area contributed by atoms with Crippen LogP contribution in [0.25, 0.3) is 0 Å². The third-order valence-corrected chi connectivity index (χ3v) is 4.02. The molecule has 3 heteroatoms. The van der Waals surface area contributed by atoms with Crippen molar-refractivity contribution in [2.75, 3.05) is 26.9 Å². The SMILES string of the molecule is CCCNC(C1CC1)C1(OC)CCOCC1. The van der Waals surface area contributed by atoms with Crippen LogP contribution in [0.5, 0.6) is 0 Å². The lowest BCUT2D eigenvalue weighted by Gasteiger charge is -2.43. The number of ether oxygens (including phenoxy) is 2. The van der Waals surface area contributed by atoms with E-state index in [-0.39, 0.29) is 5.60 Å². The van der Waals surface area contributed by atoms with E-state index in [1.54, 1.807) is 0 Å². The summed E-state index contributed by atoms with van der Waals surface area (Å²) in [5, 5.41) is 3.71. The number of nitrogens with one attached hydrogen (secondary N) is 1. The van der Waals surface area contributed by atoms with Gasteiger partial charge in [-0.05, 0) is 31.7 Å². The van der Waals surface area contributed by atoms with Crippen LogP contribution in [0.1, 0.15) is 39.0 Å². The molecule has 0 bridgehead atoms. The summed E-state index contributed by atoms with van der Waals surface area (Å²) in [6, 6.07) is 0.543. The zero-order valence-corrected chi connectivity index (χ0v) is 10.6. The highest BCUT2D eigenvalue weighted by molar-refractivity contribution is 5.02. The Labute approximate surface area is 98.9 Å². The van der Waals surface area contributed by atoms with Gasteiger partial charge in [-0.2, -0.15) is 0 Å². The Kier molecular flexibility index (Phi) is 4.22. The van der Waals surface area contributed by atoms with Gasteiger partial charge in [0, 0.05) is 39.2 Å². The van der Waals surface area contributed by atoms with Gasteiger partial charge in [-0.1, -0.05) is 6.92 Å². The summed E-state index contributed by atoms with van der Waals surface area (Å²) >= 11 is 0. The second-order valence-corrected chi connectivity index (χ2v) is 5.15. The van der Waals surface area contributed by atoms with Crippen LogP contribution in [0.3, 0.4) is 0 Å². The molecule has 0 aromatic heterocycles. The second kappa shape index (κ2) is 5.48.